The highest BCUT2D eigenvalue weighted by molar-refractivity contribution is 5.64. The quantitative estimate of drug-likeness (QED) is 0.354. The van der Waals surface area contributed by atoms with Gasteiger partial charge < -0.3 is 25.0 Å². The van der Waals surface area contributed by atoms with Gasteiger partial charge in [-0.2, -0.15) is 0 Å². The zero-order valence-corrected chi connectivity index (χ0v) is 14.7. The van der Waals surface area contributed by atoms with Gasteiger partial charge in [0, 0.05) is 56.4 Å². The van der Waals surface area contributed by atoms with Crippen molar-refractivity contribution in [1.82, 2.24) is 19.9 Å². The zero-order chi connectivity index (χ0) is 18.2. The molecule has 5 heterocycles. The molecule has 0 aliphatic carbocycles. The van der Waals surface area contributed by atoms with Crippen LogP contribution in [0.3, 0.4) is 0 Å². The molecule has 134 valence electrons. The number of nitrogens with one attached hydrogen (secondary N) is 4. The lowest BCUT2D eigenvalue weighted by atomic mass is 10.1. The average Bonchev–Trinajstić information content (AvgIpc) is 3.43. The van der Waals surface area contributed by atoms with E-state index >= 15 is 0 Å². The number of fused-ring (bicyclic) bond motifs is 8. The second-order valence-corrected chi connectivity index (χ2v) is 6.78. The Balaban J connectivity index is 1.80. The third-order valence-electron chi connectivity index (χ3n) is 4.82. The predicted octanol–water partition coefficient (Wildman–Crippen LogP) is 0.380. The average molecular weight is 356 g/mol. The minimum Gasteiger partial charge on any atom is -0.396 e. The largest absolute Gasteiger partial charge is 0.396 e. The Bertz CT molecular complexity index is 1340. The zero-order valence-electron chi connectivity index (χ0n) is 14.7. The van der Waals surface area contributed by atoms with E-state index in [1.54, 1.807) is 0 Å². The molecule has 0 atom stereocenters. The van der Waals surface area contributed by atoms with Crippen molar-refractivity contribution < 1.29 is 5.11 Å². The molecule has 1 aliphatic heterocycles. The Labute approximate surface area is 155 Å². The lowest BCUT2D eigenvalue weighted by Crippen LogP contribution is -2.14. The van der Waals surface area contributed by atoms with E-state index in [0.717, 1.165) is 49.7 Å². The molecular formula is C22H20N4O. The fraction of sp³-hybridized carbons (Fsp3) is 0.0909. The molecule has 5 heteroatoms. The van der Waals surface area contributed by atoms with Crippen molar-refractivity contribution in [2.75, 3.05) is 6.61 Å². The summed E-state index contributed by atoms with van der Waals surface area (Å²) in [6.07, 6.45) is 6.83. The standard InChI is InChI=1S/C22H20N4O/c27-10-9-20-21-7-5-18(25-21)12-16-3-1-14(23-16)11-15-2-4-17(24-15)13-19-6-8-22(20)26-19/h1-8,11-13,23-27H,9-10H2. The maximum atomic E-state index is 9.55. The van der Waals surface area contributed by atoms with E-state index in [4.69, 9.17) is 0 Å². The molecule has 5 rings (SSSR count). The second-order valence-electron chi connectivity index (χ2n) is 6.78. The Hall–Kier alpha value is -3.44. The minimum absolute atomic E-state index is 0.0985. The van der Waals surface area contributed by atoms with Gasteiger partial charge in [-0.05, 0) is 73.2 Å². The third kappa shape index (κ3) is 3.09. The molecule has 0 radical (unpaired) electrons. The number of aromatic amines is 4. The first kappa shape index (κ1) is 15.8. The second kappa shape index (κ2) is 6.37. The summed E-state index contributed by atoms with van der Waals surface area (Å²) in [6.45, 7) is 0.0985. The summed E-state index contributed by atoms with van der Waals surface area (Å²) >= 11 is 0. The highest BCUT2D eigenvalue weighted by Gasteiger charge is 2.06. The molecule has 0 saturated heterocycles. The van der Waals surface area contributed by atoms with Gasteiger partial charge in [0.05, 0.1) is 0 Å². The van der Waals surface area contributed by atoms with E-state index in [0.29, 0.717) is 6.42 Å². The van der Waals surface area contributed by atoms with Gasteiger partial charge in [-0.1, -0.05) is 0 Å². The minimum atomic E-state index is 0.0985. The summed E-state index contributed by atoms with van der Waals surface area (Å²) in [4.78, 5) is 13.7. The SMILES string of the molecule is OCCC1=c2ccc([nH]2)=Cc2ccc([nH]2)C=c2ccc([nH]2)=Cc2ccc1[nH]2. The third-order valence-corrected chi connectivity index (χ3v) is 4.82. The molecule has 5 nitrogen and oxygen atoms in total. The van der Waals surface area contributed by atoms with Crippen LogP contribution in [-0.2, 0) is 0 Å². The molecule has 8 bridgehead atoms. The van der Waals surface area contributed by atoms with Crippen molar-refractivity contribution >= 4 is 23.8 Å². The number of rotatable bonds is 2. The Kier molecular flexibility index (Phi) is 3.73. The first-order valence-corrected chi connectivity index (χ1v) is 9.04. The number of H-pyrrole nitrogens is 4. The van der Waals surface area contributed by atoms with Crippen molar-refractivity contribution in [3.63, 3.8) is 0 Å². The molecular weight excluding hydrogens is 336 g/mol. The number of aliphatic hydroxyl groups is 1. The lowest BCUT2D eigenvalue weighted by molar-refractivity contribution is 0.304. The summed E-state index contributed by atoms with van der Waals surface area (Å²) in [7, 11) is 0. The molecule has 0 saturated carbocycles. The van der Waals surface area contributed by atoms with Crippen LogP contribution in [0.1, 0.15) is 29.2 Å². The number of hydrogen-bond acceptors (Lipinski definition) is 1. The van der Waals surface area contributed by atoms with Crippen LogP contribution in [0, 0.1) is 0 Å². The van der Waals surface area contributed by atoms with Crippen molar-refractivity contribution in [3.8, 4) is 0 Å². The van der Waals surface area contributed by atoms with Gasteiger partial charge in [0.15, 0.2) is 0 Å². The fourth-order valence-electron chi connectivity index (χ4n) is 3.57. The number of hydrogen-bond donors (Lipinski definition) is 5. The first-order chi connectivity index (χ1) is 13.3. The molecule has 0 aromatic carbocycles. The fourth-order valence-corrected chi connectivity index (χ4v) is 3.57. The first-order valence-electron chi connectivity index (χ1n) is 9.04. The van der Waals surface area contributed by atoms with E-state index in [-0.39, 0.29) is 6.61 Å². The van der Waals surface area contributed by atoms with E-state index in [2.05, 4.69) is 86.7 Å². The van der Waals surface area contributed by atoms with Gasteiger partial charge in [-0.25, -0.2) is 0 Å². The van der Waals surface area contributed by atoms with E-state index in [1.807, 2.05) is 0 Å². The van der Waals surface area contributed by atoms with Gasteiger partial charge >= 0.3 is 0 Å². The molecule has 1 aliphatic rings. The smallest absolute Gasteiger partial charge is 0.0473 e. The van der Waals surface area contributed by atoms with Gasteiger partial charge in [-0.15, -0.1) is 0 Å². The monoisotopic (exact) mass is 356 g/mol. The molecule has 0 fully saturated rings. The maximum Gasteiger partial charge on any atom is 0.0473 e. The lowest BCUT2D eigenvalue weighted by Gasteiger charge is -2.02. The van der Waals surface area contributed by atoms with E-state index in [9.17, 15) is 5.11 Å². The van der Waals surface area contributed by atoms with E-state index in [1.165, 1.54) is 0 Å². The van der Waals surface area contributed by atoms with Crippen molar-refractivity contribution in [1.29, 1.82) is 0 Å². The molecule has 4 aromatic heterocycles. The van der Waals surface area contributed by atoms with Gasteiger partial charge in [0.2, 0.25) is 0 Å². The molecule has 0 amide bonds. The summed E-state index contributed by atoms with van der Waals surface area (Å²) in [5.74, 6) is 0. The highest BCUT2D eigenvalue weighted by Crippen LogP contribution is 2.14. The molecule has 0 spiro atoms. The Morgan fingerprint density at radius 3 is 1.89 bits per heavy atom. The van der Waals surface area contributed by atoms with Crippen molar-refractivity contribution in [2.24, 2.45) is 0 Å². The van der Waals surface area contributed by atoms with Crippen molar-refractivity contribution in [2.45, 2.75) is 6.42 Å². The van der Waals surface area contributed by atoms with Gasteiger partial charge in [0.1, 0.15) is 0 Å². The van der Waals surface area contributed by atoms with Crippen LogP contribution >= 0.6 is 0 Å². The molecule has 4 aromatic rings. The van der Waals surface area contributed by atoms with Crippen LogP contribution in [0.15, 0.2) is 48.5 Å². The number of aromatic nitrogens is 4. The summed E-state index contributed by atoms with van der Waals surface area (Å²) < 4.78 is 0. The topological polar surface area (TPSA) is 83.4 Å². The summed E-state index contributed by atoms with van der Waals surface area (Å²) in [5.41, 5.74) is 5.17. The Morgan fingerprint density at radius 2 is 1.19 bits per heavy atom. The summed E-state index contributed by atoms with van der Waals surface area (Å²) in [6, 6.07) is 16.5. The Morgan fingerprint density at radius 1 is 0.593 bits per heavy atom. The van der Waals surface area contributed by atoms with E-state index < -0.39 is 0 Å². The van der Waals surface area contributed by atoms with Crippen LogP contribution in [0.2, 0.25) is 0 Å². The predicted molar refractivity (Wildman–Crippen MR) is 107 cm³/mol. The molecule has 27 heavy (non-hydrogen) atoms. The normalized spacial score (nSPS) is 13.0. The van der Waals surface area contributed by atoms with Crippen LogP contribution in [0.25, 0.3) is 23.8 Å². The maximum absolute atomic E-state index is 9.55. The van der Waals surface area contributed by atoms with Crippen LogP contribution in [0.4, 0.5) is 0 Å². The number of aliphatic hydroxyl groups excluding tert-OH is 1. The van der Waals surface area contributed by atoms with Crippen LogP contribution in [-0.4, -0.2) is 31.6 Å². The summed E-state index contributed by atoms with van der Waals surface area (Å²) in [5, 5.41) is 13.7. The molecule has 5 N–H and O–H groups in total. The van der Waals surface area contributed by atoms with Crippen molar-refractivity contribution in [3.05, 3.63) is 92.7 Å². The van der Waals surface area contributed by atoms with Gasteiger partial charge in [-0.3, -0.25) is 0 Å². The highest BCUT2D eigenvalue weighted by atomic mass is 16.3. The van der Waals surface area contributed by atoms with Crippen LogP contribution in [0.5, 0.6) is 0 Å². The van der Waals surface area contributed by atoms with Gasteiger partial charge in [0.25, 0.3) is 0 Å². The molecule has 0 unspecified atom stereocenters. The van der Waals surface area contributed by atoms with Crippen LogP contribution < -0.4 is 21.4 Å².